The number of carbonyl (C=O) groups excluding carboxylic acids is 2. The van der Waals surface area contributed by atoms with Crippen molar-refractivity contribution in [1.82, 2.24) is 15.1 Å². The molecule has 0 spiro atoms. The first-order valence-electron chi connectivity index (χ1n) is 13.9. The molecular weight excluding hydrogens is 599 g/mol. The summed E-state index contributed by atoms with van der Waals surface area (Å²) in [5.74, 6) is 0.269. The number of ether oxygens (including phenoxy) is 1. The third-order valence-corrected chi connectivity index (χ3v) is 8.90. The van der Waals surface area contributed by atoms with Gasteiger partial charge in [-0.05, 0) is 35.9 Å². The summed E-state index contributed by atoms with van der Waals surface area (Å²) in [7, 11) is 1.62. The average Bonchev–Trinajstić information content (AvgIpc) is 3.37. The van der Waals surface area contributed by atoms with Crippen LogP contribution in [0.1, 0.15) is 21.9 Å². The molecule has 0 unspecified atom stereocenters. The average molecular weight is 627 g/mol. The quantitative estimate of drug-likeness (QED) is 0.204. The van der Waals surface area contributed by atoms with Crippen LogP contribution in [0, 0.1) is 5.82 Å². The standard InChI is InChI=1S/C34H28ClFN4O3S/c1-43-28-14-8-5-11-25(28)33-31-32(23-9-3-2-4-10-23)38-40(27-13-7-6-12-26(27)35)34(31)39(30(42)21-44-33)20-29(41)37-19-22-15-17-24(36)18-16-22/h2-18,33H,19-21H2,1H3,(H,37,41)/t33-/m1/s1. The van der Waals surface area contributed by atoms with Gasteiger partial charge in [0.05, 0.1) is 34.5 Å². The van der Waals surface area contributed by atoms with Crippen molar-refractivity contribution in [1.29, 1.82) is 0 Å². The molecule has 1 aromatic heterocycles. The summed E-state index contributed by atoms with van der Waals surface area (Å²) in [6, 6.07) is 30.6. The number of rotatable bonds is 8. The molecule has 1 aliphatic rings. The maximum atomic E-state index is 13.9. The van der Waals surface area contributed by atoms with Gasteiger partial charge in [0.2, 0.25) is 11.8 Å². The van der Waals surface area contributed by atoms with Crippen molar-refractivity contribution >= 4 is 41.0 Å². The Bertz CT molecular complexity index is 1810. The number of methoxy groups -OCH3 is 1. The lowest BCUT2D eigenvalue weighted by atomic mass is 9.99. The molecule has 0 aliphatic carbocycles. The van der Waals surface area contributed by atoms with Gasteiger partial charge in [-0.2, -0.15) is 5.10 Å². The Morgan fingerprint density at radius 1 is 1.00 bits per heavy atom. The summed E-state index contributed by atoms with van der Waals surface area (Å²) in [5, 5.41) is 8.03. The van der Waals surface area contributed by atoms with Crippen molar-refractivity contribution in [3.8, 4) is 22.7 Å². The Hall–Kier alpha value is -4.60. The first-order valence-corrected chi connectivity index (χ1v) is 15.4. The molecule has 1 atom stereocenters. The second-order valence-electron chi connectivity index (χ2n) is 10.1. The van der Waals surface area contributed by atoms with Gasteiger partial charge >= 0.3 is 0 Å². The van der Waals surface area contributed by atoms with E-state index in [0.717, 1.165) is 22.3 Å². The van der Waals surface area contributed by atoms with Crippen molar-refractivity contribution < 1.29 is 18.7 Å². The Morgan fingerprint density at radius 3 is 2.45 bits per heavy atom. The molecule has 4 aromatic carbocycles. The van der Waals surface area contributed by atoms with E-state index in [2.05, 4.69) is 5.32 Å². The third kappa shape index (κ3) is 5.93. The lowest BCUT2D eigenvalue weighted by Gasteiger charge is -2.24. The molecule has 44 heavy (non-hydrogen) atoms. The number of para-hydroxylation sites is 2. The molecule has 10 heteroatoms. The number of nitrogens with zero attached hydrogens (tertiary/aromatic N) is 3. The number of benzene rings is 4. The van der Waals surface area contributed by atoms with Crippen LogP contribution >= 0.6 is 23.4 Å². The molecule has 2 amide bonds. The van der Waals surface area contributed by atoms with Gasteiger partial charge in [-0.25, -0.2) is 9.07 Å². The second-order valence-corrected chi connectivity index (χ2v) is 11.6. The number of hydrogen-bond donors (Lipinski definition) is 1. The van der Waals surface area contributed by atoms with Gasteiger partial charge < -0.3 is 10.1 Å². The molecular formula is C34H28ClFN4O3S. The monoisotopic (exact) mass is 626 g/mol. The second kappa shape index (κ2) is 13.0. The molecule has 7 nitrogen and oxygen atoms in total. The van der Waals surface area contributed by atoms with Crippen LogP contribution in [0.25, 0.3) is 16.9 Å². The van der Waals surface area contributed by atoms with Crippen LogP contribution in [-0.2, 0) is 16.1 Å². The molecule has 0 bridgehead atoms. The molecule has 0 radical (unpaired) electrons. The van der Waals surface area contributed by atoms with Crippen LogP contribution in [0.5, 0.6) is 5.75 Å². The molecule has 0 fully saturated rings. The largest absolute Gasteiger partial charge is 0.496 e. The predicted octanol–water partition coefficient (Wildman–Crippen LogP) is 6.83. The normalized spacial score (nSPS) is 14.6. The van der Waals surface area contributed by atoms with E-state index in [4.69, 9.17) is 21.4 Å². The zero-order valence-corrected chi connectivity index (χ0v) is 25.3. The SMILES string of the molecule is COc1ccccc1[C@H]1SCC(=O)N(CC(=O)NCc2ccc(F)cc2)c2c1c(-c1ccccc1)nn2-c1ccccc1Cl. The van der Waals surface area contributed by atoms with E-state index in [1.807, 2.05) is 72.8 Å². The topological polar surface area (TPSA) is 76.5 Å². The Kier molecular flexibility index (Phi) is 8.67. The van der Waals surface area contributed by atoms with Gasteiger partial charge in [-0.3, -0.25) is 14.5 Å². The highest BCUT2D eigenvalue weighted by molar-refractivity contribution is 8.00. The van der Waals surface area contributed by atoms with E-state index in [9.17, 15) is 14.0 Å². The maximum absolute atomic E-state index is 13.9. The van der Waals surface area contributed by atoms with Gasteiger partial charge in [0.15, 0.2) is 0 Å². The van der Waals surface area contributed by atoms with E-state index in [-0.39, 0.29) is 41.7 Å². The highest BCUT2D eigenvalue weighted by Gasteiger charge is 2.38. The van der Waals surface area contributed by atoms with Crippen LogP contribution in [0.4, 0.5) is 10.2 Å². The van der Waals surface area contributed by atoms with Crippen LogP contribution in [-0.4, -0.2) is 41.0 Å². The van der Waals surface area contributed by atoms with Crippen LogP contribution < -0.4 is 15.0 Å². The highest BCUT2D eigenvalue weighted by Crippen LogP contribution is 2.50. The molecule has 2 heterocycles. The molecule has 1 N–H and O–H groups in total. The first-order chi connectivity index (χ1) is 21.4. The lowest BCUT2D eigenvalue weighted by Crippen LogP contribution is -2.42. The number of anilines is 1. The van der Waals surface area contributed by atoms with Crippen molar-refractivity contribution in [2.24, 2.45) is 0 Å². The number of nitrogens with one attached hydrogen (secondary N) is 1. The smallest absolute Gasteiger partial charge is 0.240 e. The summed E-state index contributed by atoms with van der Waals surface area (Å²) in [4.78, 5) is 28.8. The minimum absolute atomic E-state index is 0.111. The van der Waals surface area contributed by atoms with E-state index >= 15 is 0 Å². The number of halogens is 2. The fourth-order valence-electron chi connectivity index (χ4n) is 5.25. The maximum Gasteiger partial charge on any atom is 0.240 e. The number of hydrogen-bond acceptors (Lipinski definition) is 5. The highest BCUT2D eigenvalue weighted by atomic mass is 35.5. The molecule has 1 aliphatic heterocycles. The minimum atomic E-state index is -0.373. The molecule has 0 saturated heterocycles. The number of carbonyl (C=O) groups is 2. The number of amides is 2. The fraction of sp³-hybridized carbons (Fsp3) is 0.147. The molecule has 5 aromatic rings. The van der Waals surface area contributed by atoms with Crippen molar-refractivity contribution in [2.75, 3.05) is 24.3 Å². The Balaban J connectivity index is 1.52. The molecule has 0 saturated carbocycles. The number of thioether (sulfide) groups is 1. The van der Waals surface area contributed by atoms with Crippen molar-refractivity contribution in [3.63, 3.8) is 0 Å². The Morgan fingerprint density at radius 2 is 1.70 bits per heavy atom. The van der Waals surface area contributed by atoms with Crippen LogP contribution in [0.2, 0.25) is 5.02 Å². The van der Waals surface area contributed by atoms with Crippen LogP contribution in [0.15, 0.2) is 103 Å². The lowest BCUT2D eigenvalue weighted by molar-refractivity contribution is -0.123. The predicted molar refractivity (Wildman–Crippen MR) is 172 cm³/mol. The summed E-state index contributed by atoms with van der Waals surface area (Å²) in [6.45, 7) is -0.0672. The zero-order chi connectivity index (χ0) is 30.6. The van der Waals surface area contributed by atoms with Gasteiger partial charge in [-0.15, -0.1) is 11.8 Å². The van der Waals surface area contributed by atoms with Gasteiger partial charge in [0.1, 0.15) is 23.9 Å². The van der Waals surface area contributed by atoms with E-state index < -0.39 is 0 Å². The van der Waals surface area contributed by atoms with E-state index in [1.165, 1.54) is 28.8 Å². The summed E-state index contributed by atoms with van der Waals surface area (Å²) < 4.78 is 20.8. The first kappa shape index (κ1) is 29.5. The molecule has 6 rings (SSSR count). The van der Waals surface area contributed by atoms with E-state index in [1.54, 1.807) is 30.0 Å². The number of aromatic nitrogens is 2. The fourth-order valence-corrected chi connectivity index (χ4v) is 6.69. The third-order valence-electron chi connectivity index (χ3n) is 7.34. The number of fused-ring (bicyclic) bond motifs is 1. The summed E-state index contributed by atoms with van der Waals surface area (Å²) in [5.41, 5.74) is 4.47. The van der Waals surface area contributed by atoms with Gasteiger partial charge in [0.25, 0.3) is 0 Å². The summed E-state index contributed by atoms with van der Waals surface area (Å²) in [6.07, 6.45) is 0. The van der Waals surface area contributed by atoms with Gasteiger partial charge in [-0.1, -0.05) is 84.4 Å². The summed E-state index contributed by atoms with van der Waals surface area (Å²) >= 11 is 8.18. The van der Waals surface area contributed by atoms with E-state index in [0.29, 0.717) is 28.0 Å². The van der Waals surface area contributed by atoms with Gasteiger partial charge in [0, 0.05) is 23.2 Å². The Labute approximate surface area is 263 Å². The molecule has 222 valence electrons. The zero-order valence-electron chi connectivity index (χ0n) is 23.7. The minimum Gasteiger partial charge on any atom is -0.496 e. The van der Waals surface area contributed by atoms with Crippen LogP contribution in [0.3, 0.4) is 0 Å². The van der Waals surface area contributed by atoms with Crippen molar-refractivity contribution in [3.05, 3.63) is 131 Å². The van der Waals surface area contributed by atoms with Crippen molar-refractivity contribution in [2.45, 2.75) is 11.8 Å².